The van der Waals surface area contributed by atoms with E-state index in [1.54, 1.807) is 12.1 Å². The Kier molecular flexibility index (Phi) is 3.97. The summed E-state index contributed by atoms with van der Waals surface area (Å²) in [5, 5.41) is 14.5. The maximum atomic E-state index is 12.0. The van der Waals surface area contributed by atoms with Crippen LogP contribution in [0.15, 0.2) is 58.7 Å². The fourth-order valence-corrected chi connectivity index (χ4v) is 2.54. The third kappa shape index (κ3) is 3.21. The molecule has 0 radical (unpaired) electrons. The molecule has 0 atom stereocenters. The minimum Gasteiger partial charge on any atom is -0.307 e. The summed E-state index contributed by atoms with van der Waals surface area (Å²) in [6, 6.07) is 13.6. The molecular formula is C15H12N4O2S. The number of H-pyrrole nitrogens is 1. The van der Waals surface area contributed by atoms with Crippen molar-refractivity contribution in [3.63, 3.8) is 0 Å². The van der Waals surface area contributed by atoms with Crippen LogP contribution in [0.5, 0.6) is 0 Å². The summed E-state index contributed by atoms with van der Waals surface area (Å²) < 4.78 is 0. The predicted octanol–water partition coefficient (Wildman–Crippen LogP) is 3.14. The van der Waals surface area contributed by atoms with Gasteiger partial charge in [-0.15, -0.1) is 11.3 Å². The molecule has 3 rings (SSSR count). The molecule has 7 heteroatoms. The van der Waals surface area contributed by atoms with Gasteiger partial charge in [0.05, 0.1) is 16.4 Å². The molecule has 0 aliphatic carbocycles. The molecule has 0 unspecified atom stereocenters. The van der Waals surface area contributed by atoms with E-state index in [2.05, 4.69) is 20.8 Å². The van der Waals surface area contributed by atoms with Gasteiger partial charge < -0.3 is 5.32 Å². The van der Waals surface area contributed by atoms with Crippen LogP contribution in [0.1, 0.15) is 0 Å². The topological polar surface area (TPSA) is 86.9 Å². The lowest BCUT2D eigenvalue weighted by Gasteiger charge is -2.10. The first-order valence-corrected chi connectivity index (χ1v) is 7.37. The van der Waals surface area contributed by atoms with E-state index in [1.807, 2.05) is 35.7 Å². The number of nitrogens with one attached hydrogen (secondary N) is 3. The van der Waals surface area contributed by atoms with Gasteiger partial charge in [0.2, 0.25) is 0 Å². The quantitative estimate of drug-likeness (QED) is 0.694. The highest BCUT2D eigenvalue weighted by molar-refractivity contribution is 7.14. The van der Waals surface area contributed by atoms with Crippen LogP contribution in [-0.2, 0) is 0 Å². The zero-order valence-corrected chi connectivity index (χ0v) is 12.2. The molecule has 0 fully saturated rings. The van der Waals surface area contributed by atoms with Crippen molar-refractivity contribution in [1.82, 2.24) is 10.2 Å². The number of nitrogens with zero attached hydrogens (tertiary/aromatic N) is 1. The van der Waals surface area contributed by atoms with E-state index in [0.717, 1.165) is 10.6 Å². The van der Waals surface area contributed by atoms with E-state index in [0.29, 0.717) is 11.4 Å². The van der Waals surface area contributed by atoms with Gasteiger partial charge in [-0.05, 0) is 29.6 Å². The van der Waals surface area contributed by atoms with E-state index >= 15 is 0 Å². The van der Waals surface area contributed by atoms with Gasteiger partial charge in [-0.1, -0.05) is 18.2 Å². The highest BCUT2D eigenvalue weighted by atomic mass is 32.1. The van der Waals surface area contributed by atoms with E-state index in [1.165, 1.54) is 17.4 Å². The van der Waals surface area contributed by atoms with Crippen molar-refractivity contribution in [2.75, 3.05) is 10.6 Å². The molecule has 1 aromatic carbocycles. The molecule has 3 aromatic rings. The summed E-state index contributed by atoms with van der Waals surface area (Å²) in [6.45, 7) is 0. The van der Waals surface area contributed by atoms with Crippen molar-refractivity contribution in [2.45, 2.75) is 0 Å². The Bertz CT molecular complexity index is 822. The maximum Gasteiger partial charge on any atom is 0.324 e. The number of hydrogen-bond acceptors (Lipinski definition) is 4. The molecule has 22 heavy (non-hydrogen) atoms. The standard InChI is InChI=1S/C15H12N4O2S/c20-13-8-7-12(18-19-13)10-4-1-2-5-11(10)16-15(21)17-14-6-3-9-22-14/h1-9H,(H,19,20)(H2,16,17,21). The van der Waals surface area contributed by atoms with Gasteiger partial charge in [-0.2, -0.15) is 5.10 Å². The van der Waals surface area contributed by atoms with Crippen LogP contribution in [0, 0.1) is 0 Å². The molecule has 6 nitrogen and oxygen atoms in total. The third-order valence-electron chi connectivity index (χ3n) is 2.89. The van der Waals surface area contributed by atoms with Gasteiger partial charge in [0.25, 0.3) is 5.56 Å². The number of benzene rings is 1. The van der Waals surface area contributed by atoms with Crippen LogP contribution in [0.4, 0.5) is 15.5 Å². The lowest BCUT2D eigenvalue weighted by atomic mass is 10.1. The molecule has 0 bridgehead atoms. The Morgan fingerprint density at radius 2 is 1.91 bits per heavy atom. The zero-order valence-electron chi connectivity index (χ0n) is 11.4. The second kappa shape index (κ2) is 6.23. The van der Waals surface area contributed by atoms with E-state index in [-0.39, 0.29) is 11.6 Å². The SMILES string of the molecule is O=C(Nc1cccs1)Nc1ccccc1-c1ccc(=O)[nH]n1. The summed E-state index contributed by atoms with van der Waals surface area (Å²) >= 11 is 1.44. The van der Waals surface area contributed by atoms with Crippen LogP contribution in [0.3, 0.4) is 0 Å². The van der Waals surface area contributed by atoms with Gasteiger partial charge in [-0.3, -0.25) is 10.1 Å². The molecule has 110 valence electrons. The number of anilines is 2. The Morgan fingerprint density at radius 3 is 2.64 bits per heavy atom. The molecule has 3 N–H and O–H groups in total. The van der Waals surface area contributed by atoms with Crippen LogP contribution < -0.4 is 16.2 Å². The van der Waals surface area contributed by atoms with E-state index in [9.17, 15) is 9.59 Å². The second-order valence-corrected chi connectivity index (χ2v) is 5.36. The van der Waals surface area contributed by atoms with Crippen molar-refractivity contribution < 1.29 is 4.79 Å². The van der Waals surface area contributed by atoms with Crippen molar-refractivity contribution in [3.8, 4) is 11.3 Å². The number of aromatic amines is 1. The maximum absolute atomic E-state index is 12.0. The number of aromatic nitrogens is 2. The third-order valence-corrected chi connectivity index (χ3v) is 3.67. The lowest BCUT2D eigenvalue weighted by Crippen LogP contribution is -2.19. The molecule has 0 aliphatic rings. The fraction of sp³-hybridized carbons (Fsp3) is 0. The summed E-state index contributed by atoms with van der Waals surface area (Å²) in [7, 11) is 0. The number of para-hydroxylation sites is 1. The summed E-state index contributed by atoms with van der Waals surface area (Å²) in [5.41, 5.74) is 1.63. The number of urea groups is 1. The van der Waals surface area contributed by atoms with Crippen molar-refractivity contribution >= 4 is 28.1 Å². The highest BCUT2D eigenvalue weighted by Crippen LogP contribution is 2.25. The van der Waals surface area contributed by atoms with Gasteiger partial charge in [-0.25, -0.2) is 9.89 Å². The van der Waals surface area contributed by atoms with Crippen molar-refractivity contribution in [1.29, 1.82) is 0 Å². The average molecular weight is 312 g/mol. The molecule has 0 saturated carbocycles. The number of carbonyl (C=O) groups excluding carboxylic acids is 1. The molecule has 2 aromatic heterocycles. The van der Waals surface area contributed by atoms with Gasteiger partial charge >= 0.3 is 6.03 Å². The first kappa shape index (κ1) is 14.0. The Balaban J connectivity index is 1.83. The van der Waals surface area contributed by atoms with Crippen LogP contribution in [0.2, 0.25) is 0 Å². The largest absolute Gasteiger partial charge is 0.324 e. The molecule has 0 spiro atoms. The Morgan fingerprint density at radius 1 is 1.05 bits per heavy atom. The summed E-state index contributed by atoms with van der Waals surface area (Å²) in [4.78, 5) is 23.1. The number of hydrogen-bond donors (Lipinski definition) is 3. The summed E-state index contributed by atoms with van der Waals surface area (Å²) in [5.74, 6) is 0. The monoisotopic (exact) mass is 312 g/mol. The van der Waals surface area contributed by atoms with E-state index in [4.69, 9.17) is 0 Å². The Labute approximate surface area is 129 Å². The average Bonchev–Trinajstić information content (AvgIpc) is 3.01. The van der Waals surface area contributed by atoms with Crippen molar-refractivity contribution in [3.05, 3.63) is 64.3 Å². The number of carbonyl (C=O) groups is 1. The molecular weight excluding hydrogens is 300 g/mol. The van der Waals surface area contributed by atoms with Crippen LogP contribution >= 0.6 is 11.3 Å². The zero-order chi connectivity index (χ0) is 15.4. The van der Waals surface area contributed by atoms with E-state index < -0.39 is 0 Å². The van der Waals surface area contributed by atoms with Gasteiger partial charge in [0, 0.05) is 11.6 Å². The van der Waals surface area contributed by atoms with Gasteiger partial charge in [0.1, 0.15) is 0 Å². The molecule has 2 heterocycles. The number of amides is 2. The number of rotatable bonds is 3. The predicted molar refractivity (Wildman–Crippen MR) is 87.3 cm³/mol. The smallest absolute Gasteiger partial charge is 0.307 e. The summed E-state index contributed by atoms with van der Waals surface area (Å²) in [6.07, 6.45) is 0. The first-order valence-electron chi connectivity index (χ1n) is 6.49. The van der Waals surface area contributed by atoms with Crippen LogP contribution in [-0.4, -0.2) is 16.2 Å². The van der Waals surface area contributed by atoms with Gasteiger partial charge in [0.15, 0.2) is 0 Å². The number of thiophene rings is 1. The first-order chi connectivity index (χ1) is 10.7. The Hall–Kier alpha value is -2.93. The minimum atomic E-state index is -0.334. The minimum absolute atomic E-state index is 0.273. The van der Waals surface area contributed by atoms with Crippen LogP contribution in [0.25, 0.3) is 11.3 Å². The normalized spacial score (nSPS) is 10.2. The molecule has 0 aliphatic heterocycles. The molecule has 0 saturated heterocycles. The fourth-order valence-electron chi connectivity index (χ4n) is 1.93. The molecule has 2 amide bonds. The highest BCUT2D eigenvalue weighted by Gasteiger charge is 2.09. The van der Waals surface area contributed by atoms with Crippen molar-refractivity contribution in [2.24, 2.45) is 0 Å². The lowest BCUT2D eigenvalue weighted by molar-refractivity contribution is 0.262. The second-order valence-electron chi connectivity index (χ2n) is 4.41.